The molecule has 0 amide bonds. The summed E-state index contributed by atoms with van der Waals surface area (Å²) in [5.74, 6) is 0.926. The fourth-order valence-electron chi connectivity index (χ4n) is 2.42. The molecule has 1 aliphatic heterocycles. The van der Waals surface area contributed by atoms with E-state index in [9.17, 15) is 0 Å². The highest BCUT2D eigenvalue weighted by Crippen LogP contribution is 2.25. The summed E-state index contributed by atoms with van der Waals surface area (Å²) in [5, 5.41) is 0. The second-order valence-corrected chi connectivity index (χ2v) is 6.08. The van der Waals surface area contributed by atoms with E-state index in [0.29, 0.717) is 18.4 Å². The first-order valence-electron chi connectivity index (χ1n) is 7.73. The molecule has 20 heavy (non-hydrogen) atoms. The van der Waals surface area contributed by atoms with Crippen LogP contribution in [0.5, 0.6) is 0 Å². The van der Waals surface area contributed by atoms with Gasteiger partial charge in [0.2, 0.25) is 0 Å². The molecule has 3 heteroatoms. The molecule has 2 N–H and O–H groups in total. The lowest BCUT2D eigenvalue weighted by Crippen LogP contribution is -2.31. The monoisotopic (exact) mass is 278 g/mol. The molecule has 0 spiro atoms. The van der Waals surface area contributed by atoms with Crippen molar-refractivity contribution < 1.29 is 4.74 Å². The number of hydrogen-bond acceptors (Lipinski definition) is 3. The van der Waals surface area contributed by atoms with Gasteiger partial charge in [-0.25, -0.2) is 0 Å². The van der Waals surface area contributed by atoms with Crippen molar-refractivity contribution in [2.45, 2.75) is 60.5 Å². The highest BCUT2D eigenvalue weighted by molar-refractivity contribution is 6.01. The van der Waals surface area contributed by atoms with E-state index >= 15 is 0 Å². The van der Waals surface area contributed by atoms with Crippen LogP contribution in [0, 0.1) is 11.8 Å². The number of allylic oxidation sites excluding steroid dienone is 2. The van der Waals surface area contributed by atoms with Crippen LogP contribution in [0.4, 0.5) is 0 Å². The van der Waals surface area contributed by atoms with Gasteiger partial charge in [0.1, 0.15) is 0 Å². The number of nitrogens with two attached hydrogens (primary N) is 1. The molecule has 1 aliphatic rings. The van der Waals surface area contributed by atoms with Gasteiger partial charge in [-0.2, -0.15) is 0 Å². The van der Waals surface area contributed by atoms with Crippen molar-refractivity contribution in [2.75, 3.05) is 6.61 Å². The van der Waals surface area contributed by atoms with Crippen molar-refractivity contribution in [3.05, 3.63) is 23.0 Å². The molecule has 0 fully saturated rings. The van der Waals surface area contributed by atoms with E-state index in [2.05, 4.69) is 40.7 Å². The molecule has 1 heterocycles. The van der Waals surface area contributed by atoms with Gasteiger partial charge in [0.25, 0.3) is 0 Å². The maximum absolute atomic E-state index is 6.28. The maximum atomic E-state index is 6.28. The number of ether oxygens (including phenoxy) is 1. The molecule has 3 nitrogen and oxygen atoms in total. The van der Waals surface area contributed by atoms with Gasteiger partial charge in [-0.1, -0.05) is 40.7 Å². The average molecular weight is 278 g/mol. The van der Waals surface area contributed by atoms with Crippen LogP contribution in [0.3, 0.4) is 0 Å². The second-order valence-electron chi connectivity index (χ2n) is 6.08. The molecule has 0 aliphatic carbocycles. The molecule has 114 valence electrons. The van der Waals surface area contributed by atoms with Gasteiger partial charge < -0.3 is 10.5 Å². The summed E-state index contributed by atoms with van der Waals surface area (Å²) >= 11 is 0. The number of aliphatic imine (C=N–C) groups is 1. The Morgan fingerprint density at radius 3 is 2.45 bits per heavy atom. The predicted molar refractivity (Wildman–Crippen MR) is 86.7 cm³/mol. The lowest BCUT2D eigenvalue weighted by molar-refractivity contribution is 0.0284. The molecule has 1 atom stereocenters. The molecular weight excluding hydrogens is 248 g/mol. The average Bonchev–Trinajstić information content (AvgIpc) is 2.40. The largest absolute Gasteiger partial charge is 0.402 e. The highest BCUT2D eigenvalue weighted by atomic mass is 16.5. The van der Waals surface area contributed by atoms with Gasteiger partial charge in [0.15, 0.2) is 0 Å². The second kappa shape index (κ2) is 7.63. The van der Waals surface area contributed by atoms with E-state index in [1.54, 1.807) is 0 Å². The van der Waals surface area contributed by atoms with Crippen molar-refractivity contribution in [1.82, 2.24) is 0 Å². The van der Waals surface area contributed by atoms with Crippen LogP contribution in [0.15, 0.2) is 28.0 Å². The Morgan fingerprint density at radius 1 is 1.40 bits per heavy atom. The molecule has 0 bridgehead atoms. The summed E-state index contributed by atoms with van der Waals surface area (Å²) in [6.45, 7) is 13.4. The molecule has 0 aromatic heterocycles. The van der Waals surface area contributed by atoms with Crippen LogP contribution in [0.2, 0.25) is 0 Å². The molecule has 1 rings (SSSR count). The minimum atomic E-state index is 0.239. The van der Waals surface area contributed by atoms with E-state index in [1.165, 1.54) is 0 Å². The summed E-state index contributed by atoms with van der Waals surface area (Å²) in [4.78, 5) is 4.82. The van der Waals surface area contributed by atoms with E-state index < -0.39 is 0 Å². The van der Waals surface area contributed by atoms with Gasteiger partial charge in [-0.05, 0) is 25.2 Å². The normalized spacial score (nSPS) is 22.1. The van der Waals surface area contributed by atoms with E-state index in [1.807, 2.05) is 6.92 Å². The Balaban J connectivity index is 3.02. The van der Waals surface area contributed by atoms with E-state index in [-0.39, 0.29) is 6.10 Å². The summed E-state index contributed by atoms with van der Waals surface area (Å²) in [7, 11) is 0. The third-order valence-electron chi connectivity index (χ3n) is 3.83. The molecule has 0 radical (unpaired) electrons. The molecule has 0 saturated carbocycles. The summed E-state index contributed by atoms with van der Waals surface area (Å²) < 4.78 is 5.94. The van der Waals surface area contributed by atoms with Crippen LogP contribution in [-0.4, -0.2) is 18.4 Å². The summed E-state index contributed by atoms with van der Waals surface area (Å²) in [6.07, 6.45) is 4.02. The van der Waals surface area contributed by atoms with E-state index in [4.69, 9.17) is 15.5 Å². The minimum absolute atomic E-state index is 0.239. The zero-order valence-electron chi connectivity index (χ0n) is 13.9. The molecule has 0 aromatic carbocycles. The third kappa shape index (κ3) is 4.20. The Morgan fingerprint density at radius 2 is 2.05 bits per heavy atom. The molecular formula is C17H30N2O. The fraction of sp³-hybridized carbons (Fsp3) is 0.706. The van der Waals surface area contributed by atoms with Crippen molar-refractivity contribution in [2.24, 2.45) is 22.6 Å². The minimum Gasteiger partial charge on any atom is -0.402 e. The van der Waals surface area contributed by atoms with Crippen molar-refractivity contribution >= 4 is 5.71 Å². The maximum Gasteiger partial charge on any atom is 0.0755 e. The first-order chi connectivity index (χ1) is 9.40. The van der Waals surface area contributed by atoms with Gasteiger partial charge in [-0.3, -0.25) is 4.99 Å². The lowest BCUT2D eigenvalue weighted by atomic mass is 9.95. The molecule has 0 unspecified atom stereocenters. The molecule has 0 saturated heterocycles. The van der Waals surface area contributed by atoms with Crippen LogP contribution in [0.25, 0.3) is 0 Å². The van der Waals surface area contributed by atoms with Crippen LogP contribution < -0.4 is 5.73 Å². The Bertz CT molecular complexity index is 417. The molecule has 0 aromatic rings. The zero-order chi connectivity index (χ0) is 15.3. The predicted octanol–water partition coefficient (Wildman–Crippen LogP) is 4.05. The lowest BCUT2D eigenvalue weighted by Gasteiger charge is -2.29. The van der Waals surface area contributed by atoms with Gasteiger partial charge >= 0.3 is 0 Å². The van der Waals surface area contributed by atoms with Crippen molar-refractivity contribution in [3.8, 4) is 0 Å². The topological polar surface area (TPSA) is 47.6 Å². The smallest absolute Gasteiger partial charge is 0.0755 e. The van der Waals surface area contributed by atoms with Gasteiger partial charge in [-0.15, -0.1) is 0 Å². The van der Waals surface area contributed by atoms with Crippen LogP contribution >= 0.6 is 0 Å². The summed E-state index contributed by atoms with van der Waals surface area (Å²) in [6, 6.07) is 0. The Kier molecular flexibility index (Phi) is 6.47. The zero-order valence-corrected chi connectivity index (χ0v) is 13.9. The van der Waals surface area contributed by atoms with Crippen LogP contribution in [-0.2, 0) is 4.74 Å². The Labute approximate surface area is 124 Å². The quantitative estimate of drug-likeness (QED) is 0.771. The van der Waals surface area contributed by atoms with Crippen molar-refractivity contribution in [1.29, 1.82) is 0 Å². The van der Waals surface area contributed by atoms with Gasteiger partial charge in [0, 0.05) is 29.1 Å². The number of rotatable bonds is 5. The first-order valence-corrected chi connectivity index (χ1v) is 7.73. The standard InChI is InChI=1S/C17H30N2O/c1-7-15(11(3)4)19-16(8-2)13-10-20-17(12(5)6)9-14(13)18/h7,11-12,17H,8-10,18H2,1-6H3/b15-7-,19-16?/t17-/m0/s1. The first kappa shape index (κ1) is 17.0. The SMILES string of the molecule is C/C=C(\N=C(CC)C1=C(N)C[C@@H](C(C)C)OC1)C(C)C. The fourth-order valence-corrected chi connectivity index (χ4v) is 2.42. The number of hydrogen-bond donors (Lipinski definition) is 1. The highest BCUT2D eigenvalue weighted by Gasteiger charge is 2.24. The van der Waals surface area contributed by atoms with Crippen molar-refractivity contribution in [3.63, 3.8) is 0 Å². The van der Waals surface area contributed by atoms with E-state index in [0.717, 1.165) is 35.5 Å². The third-order valence-corrected chi connectivity index (χ3v) is 3.83. The number of nitrogens with zero attached hydrogens (tertiary/aromatic N) is 1. The Hall–Kier alpha value is -1.09. The van der Waals surface area contributed by atoms with Gasteiger partial charge in [0.05, 0.1) is 12.7 Å². The summed E-state index contributed by atoms with van der Waals surface area (Å²) in [5.41, 5.74) is 10.5. The van der Waals surface area contributed by atoms with Crippen LogP contribution in [0.1, 0.15) is 54.4 Å².